The molecule has 0 bridgehead atoms. The molecule has 1 aliphatic carbocycles. The summed E-state index contributed by atoms with van der Waals surface area (Å²) in [5.41, 5.74) is 3.65. The zero-order chi connectivity index (χ0) is 24.5. The van der Waals surface area contributed by atoms with Crippen LogP contribution in [0.5, 0.6) is 11.6 Å². The fraction of sp³-hybridized carbons (Fsp3) is 0.433. The molecule has 0 radical (unpaired) electrons. The van der Waals surface area contributed by atoms with Crippen LogP contribution in [-0.2, 0) is 17.8 Å². The third kappa shape index (κ3) is 4.74. The maximum atomic E-state index is 6.29. The molecular weight excluding hydrogens is 450 g/mol. The quantitative estimate of drug-likeness (QED) is 0.449. The van der Waals surface area contributed by atoms with E-state index < -0.39 is 0 Å². The Balaban J connectivity index is 1.29. The van der Waals surface area contributed by atoms with Crippen molar-refractivity contribution in [3.63, 3.8) is 0 Å². The Labute approximate surface area is 213 Å². The van der Waals surface area contributed by atoms with Crippen molar-refractivity contribution in [1.82, 2.24) is 4.98 Å². The SMILES string of the molecule is COc1ccc(COc2cc(N3CCOCC3)cc(N3C(C)[C@H]4C[C@H]4[C@@H]3Cc3ccccc3)n2)cc1. The molecule has 2 saturated heterocycles. The number of fused-ring (bicyclic) bond motifs is 1. The van der Waals surface area contributed by atoms with Crippen molar-refractivity contribution in [3.05, 3.63) is 77.9 Å². The Morgan fingerprint density at radius 3 is 2.47 bits per heavy atom. The van der Waals surface area contributed by atoms with Gasteiger partial charge in [0.15, 0.2) is 0 Å². The second kappa shape index (κ2) is 10.0. The first-order valence-electron chi connectivity index (χ1n) is 13.1. The van der Waals surface area contributed by atoms with Gasteiger partial charge >= 0.3 is 0 Å². The molecule has 6 rings (SSSR count). The van der Waals surface area contributed by atoms with Crippen molar-refractivity contribution in [1.29, 1.82) is 0 Å². The lowest BCUT2D eigenvalue weighted by molar-refractivity contribution is 0.122. The fourth-order valence-corrected chi connectivity index (χ4v) is 6.00. The highest BCUT2D eigenvalue weighted by molar-refractivity contribution is 5.60. The second-order valence-electron chi connectivity index (χ2n) is 10.2. The molecule has 188 valence electrons. The average molecular weight is 486 g/mol. The smallest absolute Gasteiger partial charge is 0.217 e. The number of anilines is 2. The van der Waals surface area contributed by atoms with Crippen LogP contribution in [0.3, 0.4) is 0 Å². The minimum absolute atomic E-state index is 0.467. The zero-order valence-electron chi connectivity index (χ0n) is 21.2. The number of aromatic nitrogens is 1. The maximum absolute atomic E-state index is 6.29. The molecule has 1 aromatic heterocycles. The number of piperidine rings is 1. The summed E-state index contributed by atoms with van der Waals surface area (Å²) >= 11 is 0. The van der Waals surface area contributed by atoms with Crippen LogP contribution < -0.4 is 19.3 Å². The summed E-state index contributed by atoms with van der Waals surface area (Å²) in [5, 5.41) is 0. The van der Waals surface area contributed by atoms with E-state index in [0.717, 1.165) is 61.7 Å². The number of rotatable bonds is 8. The molecule has 0 amide bonds. The van der Waals surface area contributed by atoms with Crippen LogP contribution in [0.15, 0.2) is 66.7 Å². The van der Waals surface area contributed by atoms with Gasteiger partial charge < -0.3 is 24.0 Å². The van der Waals surface area contributed by atoms with Crippen molar-refractivity contribution >= 4 is 11.5 Å². The molecule has 1 unspecified atom stereocenters. The van der Waals surface area contributed by atoms with E-state index in [1.54, 1.807) is 7.11 Å². The molecule has 3 aromatic rings. The summed E-state index contributed by atoms with van der Waals surface area (Å²) in [6.07, 6.45) is 2.39. The number of morpholine rings is 1. The van der Waals surface area contributed by atoms with Crippen LogP contribution in [0, 0.1) is 11.8 Å². The first-order valence-corrected chi connectivity index (χ1v) is 13.1. The Morgan fingerprint density at radius 2 is 1.72 bits per heavy atom. The summed E-state index contributed by atoms with van der Waals surface area (Å²) in [6.45, 7) is 6.11. The summed E-state index contributed by atoms with van der Waals surface area (Å²) < 4.78 is 17.2. The van der Waals surface area contributed by atoms with E-state index in [0.29, 0.717) is 24.6 Å². The van der Waals surface area contributed by atoms with Crippen molar-refractivity contribution in [3.8, 4) is 11.6 Å². The third-order valence-corrected chi connectivity index (χ3v) is 8.05. The summed E-state index contributed by atoms with van der Waals surface area (Å²) in [5.74, 6) is 4.06. The van der Waals surface area contributed by atoms with Gasteiger partial charge in [-0.25, -0.2) is 0 Å². The predicted molar refractivity (Wildman–Crippen MR) is 142 cm³/mol. The standard InChI is InChI=1S/C30H35N3O3/c1-21-26-19-27(26)28(16-22-6-4-3-5-7-22)33(21)29-17-24(32-12-14-35-15-13-32)18-30(31-29)36-20-23-8-10-25(34-2)11-9-23/h3-11,17-18,21,26-28H,12-16,19-20H2,1-2H3/t21?,26-,27-,28+/m1/s1. The van der Waals surface area contributed by atoms with E-state index in [4.69, 9.17) is 19.2 Å². The normalized spacial score (nSPS) is 24.9. The van der Waals surface area contributed by atoms with Gasteiger partial charge in [-0.2, -0.15) is 4.98 Å². The van der Waals surface area contributed by atoms with Crippen LogP contribution in [0.2, 0.25) is 0 Å². The molecule has 3 fully saturated rings. The number of ether oxygens (including phenoxy) is 3. The highest BCUT2D eigenvalue weighted by Gasteiger charge is 2.57. The number of benzene rings is 2. The highest BCUT2D eigenvalue weighted by atomic mass is 16.5. The van der Waals surface area contributed by atoms with Gasteiger partial charge in [0.1, 0.15) is 18.2 Å². The lowest BCUT2D eigenvalue weighted by Crippen LogP contribution is -2.41. The van der Waals surface area contributed by atoms with Gasteiger partial charge in [-0.1, -0.05) is 42.5 Å². The van der Waals surface area contributed by atoms with Crippen molar-refractivity contribution < 1.29 is 14.2 Å². The predicted octanol–water partition coefficient (Wildman–Crippen LogP) is 4.96. The van der Waals surface area contributed by atoms with Gasteiger partial charge in [0.05, 0.1) is 20.3 Å². The molecule has 1 saturated carbocycles. The molecule has 0 spiro atoms. The molecule has 4 atom stereocenters. The van der Waals surface area contributed by atoms with E-state index in [2.05, 4.69) is 59.2 Å². The third-order valence-electron chi connectivity index (χ3n) is 8.05. The Kier molecular flexibility index (Phi) is 6.45. The van der Waals surface area contributed by atoms with Gasteiger partial charge in [-0.05, 0) is 54.9 Å². The van der Waals surface area contributed by atoms with Crippen LogP contribution in [0.25, 0.3) is 0 Å². The van der Waals surface area contributed by atoms with Gasteiger partial charge in [0.25, 0.3) is 0 Å². The minimum Gasteiger partial charge on any atom is -0.497 e. The number of nitrogens with zero attached hydrogens (tertiary/aromatic N) is 3. The molecule has 36 heavy (non-hydrogen) atoms. The molecule has 3 aliphatic rings. The van der Waals surface area contributed by atoms with Gasteiger partial charge in [-0.3, -0.25) is 0 Å². The van der Waals surface area contributed by atoms with Gasteiger partial charge in [-0.15, -0.1) is 0 Å². The Morgan fingerprint density at radius 1 is 0.944 bits per heavy atom. The first kappa shape index (κ1) is 23.2. The minimum atomic E-state index is 0.467. The maximum Gasteiger partial charge on any atom is 0.217 e. The van der Waals surface area contributed by atoms with Gasteiger partial charge in [0.2, 0.25) is 5.88 Å². The molecule has 6 nitrogen and oxygen atoms in total. The molecule has 2 aliphatic heterocycles. The number of methoxy groups -OCH3 is 1. The summed E-state index contributed by atoms with van der Waals surface area (Å²) in [6, 6.07) is 24.2. The Hall–Kier alpha value is -3.25. The van der Waals surface area contributed by atoms with Crippen LogP contribution >= 0.6 is 0 Å². The molecule has 3 heterocycles. The number of pyridine rings is 1. The monoisotopic (exact) mass is 485 g/mol. The van der Waals surface area contributed by atoms with Crippen LogP contribution in [0.4, 0.5) is 11.5 Å². The first-order chi connectivity index (χ1) is 17.7. The lowest BCUT2D eigenvalue weighted by Gasteiger charge is -2.35. The van der Waals surface area contributed by atoms with E-state index in [9.17, 15) is 0 Å². The molecular formula is C30H35N3O3. The number of hydrogen-bond donors (Lipinski definition) is 0. The van der Waals surface area contributed by atoms with Gasteiger partial charge in [0, 0.05) is 43.0 Å². The highest BCUT2D eigenvalue weighted by Crippen LogP contribution is 2.55. The molecule has 6 heteroatoms. The van der Waals surface area contributed by atoms with Crippen molar-refractivity contribution in [2.75, 3.05) is 43.2 Å². The zero-order valence-corrected chi connectivity index (χ0v) is 21.2. The average Bonchev–Trinajstić information content (AvgIpc) is 3.69. The van der Waals surface area contributed by atoms with E-state index in [1.165, 1.54) is 17.7 Å². The number of hydrogen-bond acceptors (Lipinski definition) is 6. The summed E-state index contributed by atoms with van der Waals surface area (Å²) in [4.78, 5) is 10.0. The fourth-order valence-electron chi connectivity index (χ4n) is 6.00. The molecule has 0 N–H and O–H groups in total. The second-order valence-corrected chi connectivity index (χ2v) is 10.2. The molecule has 2 aromatic carbocycles. The van der Waals surface area contributed by atoms with Crippen LogP contribution in [0.1, 0.15) is 24.5 Å². The summed E-state index contributed by atoms with van der Waals surface area (Å²) in [7, 11) is 1.68. The van der Waals surface area contributed by atoms with E-state index in [1.807, 2.05) is 24.3 Å². The largest absolute Gasteiger partial charge is 0.497 e. The Bertz CT molecular complexity index is 1160. The van der Waals surface area contributed by atoms with E-state index in [-0.39, 0.29) is 0 Å². The topological polar surface area (TPSA) is 47.1 Å². The lowest BCUT2D eigenvalue weighted by atomic mass is 10.0. The van der Waals surface area contributed by atoms with Crippen molar-refractivity contribution in [2.45, 2.75) is 38.5 Å². The van der Waals surface area contributed by atoms with E-state index >= 15 is 0 Å². The van der Waals surface area contributed by atoms with Crippen LogP contribution in [-0.4, -0.2) is 50.5 Å². The van der Waals surface area contributed by atoms with Crippen molar-refractivity contribution in [2.24, 2.45) is 11.8 Å².